The van der Waals surface area contributed by atoms with Gasteiger partial charge >= 0.3 is 5.97 Å². The standard InChI is InChI=1S/C32H33ClN4O3S/c1-4-5-17-39-30(38)28-22(3)34-31-35-32(41-20-25-13-8-9-16-27(25)33)36-37(31)29(28)23-14-10-15-26(18-23)40-19-24-12-7-6-11-21(24)2/h6-16,18,29H,4-5,17,19-20H2,1-3H3,(H,34,35,36). The van der Waals surface area contributed by atoms with Gasteiger partial charge in [0.05, 0.1) is 12.2 Å². The van der Waals surface area contributed by atoms with E-state index in [1.807, 2.05) is 67.6 Å². The van der Waals surface area contributed by atoms with E-state index in [0.29, 0.717) is 52.1 Å². The van der Waals surface area contributed by atoms with Crippen LogP contribution in [0, 0.1) is 6.92 Å². The Hall–Kier alpha value is -3.75. The number of fused-ring (bicyclic) bond motifs is 1. The fraction of sp³-hybridized carbons (Fsp3) is 0.281. The van der Waals surface area contributed by atoms with Crippen LogP contribution in [0.3, 0.4) is 0 Å². The Morgan fingerprint density at radius 3 is 2.61 bits per heavy atom. The van der Waals surface area contributed by atoms with Crippen molar-refractivity contribution >= 4 is 35.3 Å². The van der Waals surface area contributed by atoms with E-state index in [4.69, 9.17) is 31.2 Å². The molecular formula is C32H33ClN4O3S. The van der Waals surface area contributed by atoms with Crippen LogP contribution < -0.4 is 10.1 Å². The lowest BCUT2D eigenvalue weighted by atomic mass is 9.95. The normalized spacial score (nSPS) is 14.4. The van der Waals surface area contributed by atoms with Gasteiger partial charge in [-0.3, -0.25) is 0 Å². The smallest absolute Gasteiger partial charge is 0.338 e. The topological polar surface area (TPSA) is 78.3 Å². The van der Waals surface area contributed by atoms with Gasteiger partial charge < -0.3 is 14.8 Å². The predicted octanol–water partition coefficient (Wildman–Crippen LogP) is 7.74. The maximum Gasteiger partial charge on any atom is 0.338 e. The molecule has 3 aromatic carbocycles. The van der Waals surface area contributed by atoms with Crippen molar-refractivity contribution in [1.82, 2.24) is 14.8 Å². The molecule has 9 heteroatoms. The summed E-state index contributed by atoms with van der Waals surface area (Å²) in [6.45, 7) is 6.82. The van der Waals surface area contributed by atoms with E-state index in [1.54, 1.807) is 4.68 Å². The van der Waals surface area contributed by atoms with Crippen LogP contribution in [-0.2, 0) is 21.9 Å². The maximum atomic E-state index is 13.4. The number of unbranched alkanes of at least 4 members (excludes halogenated alkanes) is 1. The van der Waals surface area contributed by atoms with Crippen LogP contribution in [-0.4, -0.2) is 27.3 Å². The summed E-state index contributed by atoms with van der Waals surface area (Å²) >= 11 is 7.86. The second-order valence-electron chi connectivity index (χ2n) is 9.89. The molecule has 0 saturated heterocycles. The second kappa shape index (κ2) is 13.3. The van der Waals surface area contributed by atoms with Gasteiger partial charge in [0, 0.05) is 16.5 Å². The number of anilines is 1. The molecule has 1 atom stereocenters. The number of thioether (sulfide) groups is 1. The molecule has 0 radical (unpaired) electrons. The molecule has 1 unspecified atom stereocenters. The van der Waals surface area contributed by atoms with Gasteiger partial charge in [-0.15, -0.1) is 5.10 Å². The van der Waals surface area contributed by atoms with Crippen molar-refractivity contribution in [2.75, 3.05) is 11.9 Å². The molecule has 212 valence electrons. The third-order valence-electron chi connectivity index (χ3n) is 6.93. The molecule has 5 rings (SSSR count). The van der Waals surface area contributed by atoms with Crippen LogP contribution in [0.15, 0.2) is 89.2 Å². The number of aryl methyl sites for hydroxylation is 1. The zero-order chi connectivity index (χ0) is 28.8. The predicted molar refractivity (Wildman–Crippen MR) is 163 cm³/mol. The second-order valence-corrected chi connectivity index (χ2v) is 11.2. The molecule has 1 aliphatic heterocycles. The first-order chi connectivity index (χ1) is 19.9. The molecule has 1 aliphatic rings. The Kier molecular flexibility index (Phi) is 9.31. The average Bonchev–Trinajstić information content (AvgIpc) is 3.38. The molecule has 0 saturated carbocycles. The molecule has 0 fully saturated rings. The average molecular weight is 589 g/mol. The largest absolute Gasteiger partial charge is 0.489 e. The number of ether oxygens (including phenoxy) is 2. The highest BCUT2D eigenvalue weighted by molar-refractivity contribution is 7.98. The van der Waals surface area contributed by atoms with E-state index in [2.05, 4.69) is 31.3 Å². The van der Waals surface area contributed by atoms with Crippen molar-refractivity contribution in [2.24, 2.45) is 0 Å². The molecule has 0 aliphatic carbocycles. The monoisotopic (exact) mass is 588 g/mol. The minimum atomic E-state index is -0.537. The van der Waals surface area contributed by atoms with Crippen LogP contribution in [0.25, 0.3) is 0 Å². The highest BCUT2D eigenvalue weighted by Crippen LogP contribution is 2.38. The van der Waals surface area contributed by atoms with Crippen LogP contribution in [0.1, 0.15) is 55.0 Å². The Bertz CT molecular complexity index is 1570. The van der Waals surface area contributed by atoms with Crippen LogP contribution >= 0.6 is 23.4 Å². The van der Waals surface area contributed by atoms with Crippen LogP contribution in [0.2, 0.25) is 5.02 Å². The van der Waals surface area contributed by atoms with Crippen molar-refractivity contribution in [1.29, 1.82) is 0 Å². The molecule has 41 heavy (non-hydrogen) atoms. The Morgan fingerprint density at radius 2 is 1.83 bits per heavy atom. The molecule has 4 aromatic rings. The fourth-order valence-corrected chi connectivity index (χ4v) is 5.73. The number of nitrogens with one attached hydrogen (secondary N) is 1. The van der Waals surface area contributed by atoms with E-state index in [-0.39, 0.29) is 5.97 Å². The first kappa shape index (κ1) is 28.8. The number of hydrogen-bond acceptors (Lipinski definition) is 7. The first-order valence-electron chi connectivity index (χ1n) is 13.7. The highest BCUT2D eigenvalue weighted by Gasteiger charge is 2.35. The van der Waals surface area contributed by atoms with Crippen molar-refractivity contribution in [3.8, 4) is 5.75 Å². The SMILES string of the molecule is CCCCOC(=O)C1=C(C)Nc2nc(SCc3ccccc3Cl)nn2C1c1cccc(OCc2ccccc2C)c1. The summed E-state index contributed by atoms with van der Waals surface area (Å²) in [6, 6.07) is 23.2. The number of halogens is 1. The fourth-order valence-electron chi connectivity index (χ4n) is 4.62. The van der Waals surface area contributed by atoms with Crippen molar-refractivity contribution in [3.05, 3.63) is 111 Å². The van der Waals surface area contributed by atoms with E-state index < -0.39 is 6.04 Å². The zero-order valence-corrected chi connectivity index (χ0v) is 25.0. The number of rotatable bonds is 11. The van der Waals surface area contributed by atoms with Gasteiger partial charge in [-0.25, -0.2) is 9.48 Å². The summed E-state index contributed by atoms with van der Waals surface area (Å²) in [4.78, 5) is 18.2. The van der Waals surface area contributed by atoms with Gasteiger partial charge in [0.1, 0.15) is 18.4 Å². The third kappa shape index (κ3) is 6.77. The number of benzene rings is 3. The Morgan fingerprint density at radius 1 is 1.05 bits per heavy atom. The van der Waals surface area contributed by atoms with Gasteiger partial charge in [0.25, 0.3) is 0 Å². The highest BCUT2D eigenvalue weighted by atomic mass is 35.5. The van der Waals surface area contributed by atoms with Crippen molar-refractivity contribution in [3.63, 3.8) is 0 Å². The summed E-state index contributed by atoms with van der Waals surface area (Å²) in [6.07, 6.45) is 1.74. The van der Waals surface area contributed by atoms with Crippen LogP contribution in [0.5, 0.6) is 5.75 Å². The van der Waals surface area contributed by atoms with Gasteiger partial charge in [-0.2, -0.15) is 4.98 Å². The molecule has 0 spiro atoms. The lowest BCUT2D eigenvalue weighted by molar-refractivity contribution is -0.139. The number of esters is 1. The van der Waals surface area contributed by atoms with E-state index in [1.165, 1.54) is 17.3 Å². The zero-order valence-electron chi connectivity index (χ0n) is 23.4. The molecule has 1 aromatic heterocycles. The lowest BCUT2D eigenvalue weighted by Crippen LogP contribution is -2.29. The quantitative estimate of drug-likeness (QED) is 0.109. The minimum Gasteiger partial charge on any atom is -0.489 e. The summed E-state index contributed by atoms with van der Waals surface area (Å²) in [7, 11) is 0. The minimum absolute atomic E-state index is 0.363. The van der Waals surface area contributed by atoms with Gasteiger partial charge in [0.2, 0.25) is 11.1 Å². The number of hydrogen-bond donors (Lipinski definition) is 1. The molecule has 0 bridgehead atoms. The summed E-state index contributed by atoms with van der Waals surface area (Å²) in [5.74, 6) is 1.51. The van der Waals surface area contributed by atoms with E-state index >= 15 is 0 Å². The number of allylic oxidation sites excluding steroid dienone is 1. The number of nitrogens with zero attached hydrogens (tertiary/aromatic N) is 3. The number of aromatic nitrogens is 3. The van der Waals surface area contributed by atoms with E-state index in [9.17, 15) is 4.79 Å². The summed E-state index contributed by atoms with van der Waals surface area (Å²) in [5.41, 5.74) is 5.33. The van der Waals surface area contributed by atoms with Crippen molar-refractivity contribution < 1.29 is 14.3 Å². The van der Waals surface area contributed by atoms with Gasteiger partial charge in [-0.05, 0) is 60.7 Å². The maximum absolute atomic E-state index is 13.4. The molecular weight excluding hydrogens is 556 g/mol. The number of carbonyl (C=O) groups is 1. The molecule has 0 amide bonds. The van der Waals surface area contributed by atoms with E-state index in [0.717, 1.165) is 29.5 Å². The summed E-state index contributed by atoms with van der Waals surface area (Å²) < 4.78 is 13.6. The Labute approximate surface area is 249 Å². The van der Waals surface area contributed by atoms with Gasteiger partial charge in [0.15, 0.2) is 0 Å². The van der Waals surface area contributed by atoms with Gasteiger partial charge in [-0.1, -0.05) is 91.3 Å². The third-order valence-corrected chi connectivity index (χ3v) is 8.18. The first-order valence-corrected chi connectivity index (χ1v) is 15.1. The van der Waals surface area contributed by atoms with Crippen molar-refractivity contribution in [2.45, 2.75) is 57.2 Å². The molecule has 1 N–H and O–H groups in total. The molecule has 2 heterocycles. The number of carbonyl (C=O) groups excluding carboxylic acids is 1. The molecule has 7 nitrogen and oxygen atoms in total. The summed E-state index contributed by atoms with van der Waals surface area (Å²) in [5, 5.41) is 9.39. The van der Waals surface area contributed by atoms with Crippen LogP contribution in [0.4, 0.5) is 5.95 Å². The lowest BCUT2D eigenvalue weighted by Gasteiger charge is -2.28. The Balaban J connectivity index is 1.46.